The highest BCUT2D eigenvalue weighted by Crippen LogP contribution is 2.13. The van der Waals surface area contributed by atoms with E-state index in [4.69, 9.17) is 22.0 Å². The van der Waals surface area contributed by atoms with Crippen LogP contribution in [-0.4, -0.2) is 50.3 Å². The van der Waals surface area contributed by atoms with Crippen LogP contribution in [0.5, 0.6) is 0 Å². The number of aliphatic hydroxyl groups is 1. The number of ether oxygens (including phenoxy) is 1. The van der Waals surface area contributed by atoms with Crippen molar-refractivity contribution >= 4 is 22.0 Å². The minimum Gasteiger partial charge on any atom is -0.398 e. The maximum absolute atomic E-state index is 11.6. The number of carbonyl (C=O) groups excluding carboxylic acids is 1. The van der Waals surface area contributed by atoms with Crippen molar-refractivity contribution in [3.05, 3.63) is 29.3 Å². The second kappa shape index (κ2) is 13.1. The van der Waals surface area contributed by atoms with Crippen molar-refractivity contribution in [1.82, 2.24) is 4.31 Å². The van der Waals surface area contributed by atoms with Crippen molar-refractivity contribution in [2.45, 2.75) is 33.6 Å². The first-order valence-electron chi connectivity index (χ1n) is 8.35. The third-order valence-corrected chi connectivity index (χ3v) is 4.68. The Kier molecular flexibility index (Phi) is 12.1. The summed E-state index contributed by atoms with van der Waals surface area (Å²) < 4.78 is 33.2. The van der Waals surface area contributed by atoms with Crippen molar-refractivity contribution in [3.8, 4) is 12.3 Å². The Morgan fingerprint density at radius 3 is 2.37 bits per heavy atom. The lowest BCUT2D eigenvalue weighted by Crippen LogP contribution is -2.37. The van der Waals surface area contributed by atoms with Crippen molar-refractivity contribution in [1.29, 1.82) is 0 Å². The summed E-state index contributed by atoms with van der Waals surface area (Å²) >= 11 is 0. The lowest BCUT2D eigenvalue weighted by Gasteiger charge is -2.19. The van der Waals surface area contributed by atoms with Crippen molar-refractivity contribution in [2.24, 2.45) is 0 Å². The van der Waals surface area contributed by atoms with E-state index < -0.39 is 22.9 Å². The van der Waals surface area contributed by atoms with Crippen molar-refractivity contribution in [2.75, 3.05) is 32.2 Å². The van der Waals surface area contributed by atoms with Gasteiger partial charge >= 0.3 is 16.3 Å². The molecule has 0 unspecified atom stereocenters. The highest BCUT2D eigenvalue weighted by molar-refractivity contribution is 7.84. The summed E-state index contributed by atoms with van der Waals surface area (Å²) in [6, 6.07) is 6.05. The maximum Gasteiger partial charge on any atom is 0.389 e. The Morgan fingerprint density at radius 2 is 1.93 bits per heavy atom. The summed E-state index contributed by atoms with van der Waals surface area (Å²) in [6.07, 6.45) is 6.30. The van der Waals surface area contributed by atoms with E-state index in [1.54, 1.807) is 0 Å². The molecule has 0 aliphatic rings. The van der Waals surface area contributed by atoms with Gasteiger partial charge in [-0.25, -0.2) is 4.79 Å². The quantitative estimate of drug-likeness (QED) is 0.278. The molecule has 1 aromatic rings. The molecule has 0 heterocycles. The number of terminal acetylenes is 1. The number of nitrogens with zero attached hydrogens (tertiary/aromatic N) is 1. The molecule has 3 N–H and O–H groups in total. The predicted molar refractivity (Wildman–Crippen MR) is 104 cm³/mol. The number of hydrogen-bond donors (Lipinski definition) is 2. The van der Waals surface area contributed by atoms with Gasteiger partial charge in [0.1, 0.15) is 19.9 Å². The number of anilines is 1. The fourth-order valence-electron chi connectivity index (χ4n) is 1.81. The molecular formula is C18H28N2O6S. The molecule has 0 aliphatic carbocycles. The van der Waals surface area contributed by atoms with E-state index in [2.05, 4.69) is 10.1 Å². The van der Waals surface area contributed by atoms with Crippen LogP contribution in [0.4, 0.5) is 5.69 Å². The largest absolute Gasteiger partial charge is 0.398 e. The van der Waals surface area contributed by atoms with Gasteiger partial charge in [0.15, 0.2) is 0 Å². The van der Waals surface area contributed by atoms with Crippen LogP contribution < -0.4 is 5.73 Å². The summed E-state index contributed by atoms with van der Waals surface area (Å²) in [5.41, 5.74) is 8.92. The molecule has 0 atom stereocenters. The Hall–Kier alpha value is -2.12. The Bertz CT molecular complexity index is 708. The van der Waals surface area contributed by atoms with Crippen LogP contribution in [0.1, 0.15) is 30.9 Å². The van der Waals surface area contributed by atoms with Gasteiger partial charge in [0.25, 0.3) is 0 Å². The number of para-hydroxylation sites is 1. The van der Waals surface area contributed by atoms with E-state index in [9.17, 15) is 13.2 Å². The average Bonchev–Trinajstić information content (AvgIpc) is 2.62. The molecule has 0 aromatic heterocycles. The van der Waals surface area contributed by atoms with Gasteiger partial charge in [0, 0.05) is 12.2 Å². The number of aliphatic hydroxyl groups excluding tert-OH is 1. The smallest absolute Gasteiger partial charge is 0.389 e. The third kappa shape index (κ3) is 9.96. The van der Waals surface area contributed by atoms with Gasteiger partial charge in [-0.2, -0.15) is 8.42 Å². The summed E-state index contributed by atoms with van der Waals surface area (Å²) in [7, 11) is -4.26. The van der Waals surface area contributed by atoms with Crippen LogP contribution >= 0.6 is 0 Å². The van der Waals surface area contributed by atoms with E-state index >= 15 is 0 Å². The topological polar surface area (TPSA) is 119 Å². The first-order valence-corrected chi connectivity index (χ1v) is 9.72. The van der Waals surface area contributed by atoms with Crippen LogP contribution in [0.2, 0.25) is 0 Å². The minimum atomic E-state index is -4.26. The lowest BCUT2D eigenvalue weighted by atomic mass is 10.1. The molecular weight excluding hydrogens is 372 g/mol. The van der Waals surface area contributed by atoms with E-state index in [1.165, 1.54) is 0 Å². The molecule has 0 saturated heterocycles. The number of carbonyl (C=O) groups is 1. The fraction of sp³-hybridized carbons (Fsp3) is 0.500. The fourth-order valence-corrected chi connectivity index (χ4v) is 2.75. The zero-order valence-corrected chi connectivity index (χ0v) is 16.8. The molecule has 9 heteroatoms. The molecule has 0 fully saturated rings. The zero-order chi connectivity index (χ0) is 20.9. The van der Waals surface area contributed by atoms with Gasteiger partial charge in [-0.3, -0.25) is 0 Å². The van der Waals surface area contributed by atoms with Crippen LogP contribution in [-0.2, 0) is 24.0 Å². The van der Waals surface area contributed by atoms with E-state index in [-0.39, 0.29) is 19.9 Å². The lowest BCUT2D eigenvalue weighted by molar-refractivity contribution is -0.137. The van der Waals surface area contributed by atoms with Gasteiger partial charge in [-0.05, 0) is 31.4 Å². The molecule has 0 aliphatic heterocycles. The van der Waals surface area contributed by atoms with E-state index in [0.29, 0.717) is 6.42 Å². The highest BCUT2D eigenvalue weighted by Gasteiger charge is 2.26. The first-order chi connectivity index (χ1) is 12.7. The van der Waals surface area contributed by atoms with Gasteiger partial charge in [0.05, 0.1) is 0 Å². The Morgan fingerprint density at radius 1 is 1.33 bits per heavy atom. The van der Waals surface area contributed by atoms with Crippen molar-refractivity contribution in [3.63, 3.8) is 0 Å². The molecule has 0 radical (unpaired) electrons. The molecule has 8 nitrogen and oxygen atoms in total. The Labute approximate surface area is 161 Å². The number of aryl methyl sites for hydroxylation is 2. The second-order valence-corrected chi connectivity index (χ2v) is 7.13. The molecule has 0 spiro atoms. The summed E-state index contributed by atoms with van der Waals surface area (Å²) in [6.45, 7) is 4.70. The van der Waals surface area contributed by atoms with Crippen LogP contribution in [0.15, 0.2) is 18.2 Å². The molecule has 27 heavy (non-hydrogen) atoms. The SMILES string of the molecule is C#CCOCN(CCCC)S(=O)(=O)OC(=O)CO.Cc1cccc(C)c1N. The molecule has 152 valence electrons. The zero-order valence-electron chi connectivity index (χ0n) is 16.0. The number of nitrogens with two attached hydrogens (primary N) is 1. The number of rotatable bonds is 9. The Balaban J connectivity index is 0.000000621. The standard InChI is InChI=1S/C10H17NO6S.C8H11N/c1-3-5-6-11(9-16-7-4-2)18(14,15)17-10(13)8-12;1-6-4-3-5-7(2)8(6)9/h2,12H,3,5-9H2,1H3;3-5H,9H2,1-2H3. The van der Waals surface area contributed by atoms with Crippen LogP contribution in [0.25, 0.3) is 0 Å². The summed E-state index contributed by atoms with van der Waals surface area (Å²) in [4.78, 5) is 10.8. The maximum atomic E-state index is 11.6. The monoisotopic (exact) mass is 400 g/mol. The van der Waals surface area contributed by atoms with Gasteiger partial charge in [-0.15, -0.1) is 10.7 Å². The van der Waals surface area contributed by atoms with Gasteiger partial charge in [-0.1, -0.05) is 37.5 Å². The second-order valence-electron chi connectivity index (χ2n) is 5.59. The molecule has 1 aromatic carbocycles. The van der Waals surface area contributed by atoms with E-state index in [0.717, 1.165) is 27.5 Å². The summed E-state index contributed by atoms with van der Waals surface area (Å²) in [5.74, 6) is 0.949. The number of hydrogen-bond acceptors (Lipinski definition) is 7. The number of unbranched alkanes of at least 4 members (excludes halogenated alkanes) is 1. The van der Waals surface area contributed by atoms with Crippen LogP contribution in [0.3, 0.4) is 0 Å². The van der Waals surface area contributed by atoms with Crippen LogP contribution in [0, 0.1) is 26.2 Å². The third-order valence-electron chi connectivity index (χ3n) is 3.37. The molecule has 0 saturated carbocycles. The van der Waals surface area contributed by atoms with Gasteiger partial charge < -0.3 is 19.8 Å². The molecule has 0 amide bonds. The first kappa shape index (κ1) is 24.9. The molecule has 1 rings (SSSR count). The summed E-state index contributed by atoms with van der Waals surface area (Å²) in [5, 5.41) is 8.45. The molecule has 0 bridgehead atoms. The highest BCUT2D eigenvalue weighted by atomic mass is 32.2. The predicted octanol–water partition coefficient (Wildman–Crippen LogP) is 1.36. The number of benzene rings is 1. The minimum absolute atomic E-state index is 0.0495. The normalized spacial score (nSPS) is 10.7. The van der Waals surface area contributed by atoms with E-state index in [1.807, 2.05) is 39.0 Å². The average molecular weight is 400 g/mol. The van der Waals surface area contributed by atoms with Crippen molar-refractivity contribution < 1.29 is 27.2 Å². The number of nitrogen functional groups attached to an aromatic ring is 1. The van der Waals surface area contributed by atoms with Gasteiger partial charge in [0.2, 0.25) is 0 Å².